The van der Waals surface area contributed by atoms with Crippen molar-refractivity contribution in [2.45, 2.75) is 37.8 Å². The summed E-state index contributed by atoms with van der Waals surface area (Å²) in [4.78, 5) is 22.1. The van der Waals surface area contributed by atoms with Crippen molar-refractivity contribution < 1.29 is 26.7 Å². The van der Waals surface area contributed by atoms with Gasteiger partial charge in [-0.05, 0) is 60.9 Å². The summed E-state index contributed by atoms with van der Waals surface area (Å²) in [5.74, 6) is -1.60. The second-order valence-corrected chi connectivity index (χ2v) is 11.4. The van der Waals surface area contributed by atoms with E-state index >= 15 is 0 Å². The first-order chi connectivity index (χ1) is 17.8. The van der Waals surface area contributed by atoms with Crippen LogP contribution in [0.3, 0.4) is 0 Å². The second-order valence-electron chi connectivity index (χ2n) is 8.99. The Morgan fingerprint density at radius 2 is 2.08 bits per heavy atom. The number of halogens is 3. The average Bonchev–Trinajstić information content (AvgIpc) is 3.49. The molecule has 37 heavy (non-hydrogen) atoms. The molecule has 1 fully saturated rings. The fraction of sp³-hybridized carbons (Fsp3) is 0.375. The summed E-state index contributed by atoms with van der Waals surface area (Å²) < 4.78 is 50.0. The molecule has 4 atom stereocenters. The Hall–Kier alpha value is -2.35. The van der Waals surface area contributed by atoms with E-state index in [1.807, 2.05) is 0 Å². The Morgan fingerprint density at radius 1 is 1.27 bits per heavy atom. The van der Waals surface area contributed by atoms with Gasteiger partial charge >= 0.3 is 0 Å². The maximum absolute atomic E-state index is 14.0. The molecule has 0 bridgehead atoms. The van der Waals surface area contributed by atoms with Crippen molar-refractivity contribution in [3.63, 3.8) is 0 Å². The van der Waals surface area contributed by atoms with Gasteiger partial charge in [0.15, 0.2) is 11.6 Å². The van der Waals surface area contributed by atoms with Gasteiger partial charge in [-0.3, -0.25) is 8.98 Å². The number of carbonyl (C=O) groups excluding carboxylic acids is 1. The summed E-state index contributed by atoms with van der Waals surface area (Å²) in [6, 6.07) is 3.98. The van der Waals surface area contributed by atoms with E-state index in [2.05, 4.69) is 15.3 Å². The predicted molar refractivity (Wildman–Crippen MR) is 136 cm³/mol. The zero-order valence-electron chi connectivity index (χ0n) is 19.4. The van der Waals surface area contributed by atoms with Gasteiger partial charge in [-0.25, -0.2) is 28.1 Å². The molecule has 13 heteroatoms. The second kappa shape index (κ2) is 11.2. The Labute approximate surface area is 223 Å². The molecule has 0 radical (unpaired) electrons. The minimum Gasteiger partial charge on any atom is -0.368 e. The van der Waals surface area contributed by atoms with Gasteiger partial charge in [0, 0.05) is 17.8 Å². The number of nitrogens with one attached hydrogen (secondary N) is 1. The van der Waals surface area contributed by atoms with Gasteiger partial charge in [0.25, 0.3) is 0 Å². The molecule has 2 aliphatic rings. The number of nitrogens with zero attached hydrogens (tertiary/aromatic N) is 2. The van der Waals surface area contributed by atoms with Crippen LogP contribution in [0.5, 0.6) is 0 Å². The molecule has 2 unspecified atom stereocenters. The van der Waals surface area contributed by atoms with Gasteiger partial charge in [-0.15, -0.1) is 11.3 Å². The number of rotatable bonds is 8. The number of ether oxygens (including phenoxy) is 1. The van der Waals surface area contributed by atoms with Gasteiger partial charge in [-0.1, -0.05) is 11.6 Å². The van der Waals surface area contributed by atoms with Gasteiger partial charge in [0.1, 0.15) is 18.2 Å². The van der Waals surface area contributed by atoms with E-state index in [1.165, 1.54) is 18.6 Å². The Kier molecular flexibility index (Phi) is 7.93. The molecule has 3 aromatic rings. The van der Waals surface area contributed by atoms with Crippen LogP contribution in [0.15, 0.2) is 30.7 Å². The first-order valence-electron chi connectivity index (χ1n) is 11.6. The molecule has 1 aliphatic heterocycles. The Morgan fingerprint density at radius 3 is 2.89 bits per heavy atom. The number of aromatic nitrogens is 2. The van der Waals surface area contributed by atoms with Gasteiger partial charge in [0.05, 0.1) is 28.0 Å². The summed E-state index contributed by atoms with van der Waals surface area (Å²) in [7, 11) is 0. The fourth-order valence-corrected chi connectivity index (χ4v) is 6.42. The molecule has 3 heterocycles. The van der Waals surface area contributed by atoms with Crippen LogP contribution in [0.25, 0.3) is 0 Å². The van der Waals surface area contributed by atoms with Crippen LogP contribution in [0.1, 0.15) is 57.3 Å². The number of hydrogen-bond acceptors (Lipinski definition) is 8. The topological polar surface area (TPSA) is 116 Å². The van der Waals surface area contributed by atoms with Crippen molar-refractivity contribution >= 4 is 45.8 Å². The van der Waals surface area contributed by atoms with E-state index in [1.54, 1.807) is 6.07 Å². The van der Waals surface area contributed by atoms with Crippen LogP contribution in [0.4, 0.5) is 14.6 Å². The third kappa shape index (κ3) is 5.74. The van der Waals surface area contributed by atoms with Crippen LogP contribution in [0.2, 0.25) is 4.34 Å². The molecule has 0 saturated heterocycles. The quantitative estimate of drug-likeness (QED) is 0.384. The molecule has 8 nitrogen and oxygen atoms in total. The van der Waals surface area contributed by atoms with Crippen molar-refractivity contribution in [2.24, 2.45) is 11.1 Å². The fourth-order valence-electron chi connectivity index (χ4n) is 4.83. The SMILES string of the molecule is NS(=O)OC[C@@H]1CC[C@H](Nc2ncncc2C(=O)c2cc(C3OCCc4cc(F)c(F)cc43)c(Cl)s2)C1. The van der Waals surface area contributed by atoms with E-state index in [0.29, 0.717) is 51.4 Å². The highest BCUT2D eigenvalue weighted by atomic mass is 35.5. The maximum atomic E-state index is 14.0. The van der Waals surface area contributed by atoms with Crippen molar-refractivity contribution in [3.8, 4) is 0 Å². The van der Waals surface area contributed by atoms with Crippen LogP contribution in [-0.2, 0) is 26.6 Å². The van der Waals surface area contributed by atoms with Crippen molar-refractivity contribution in [2.75, 3.05) is 18.5 Å². The number of fused-ring (bicyclic) bond motifs is 1. The third-order valence-electron chi connectivity index (χ3n) is 6.60. The number of carbonyl (C=O) groups is 1. The summed E-state index contributed by atoms with van der Waals surface area (Å²) in [5.41, 5.74) is 1.94. The number of anilines is 1. The summed E-state index contributed by atoms with van der Waals surface area (Å²) in [5, 5.41) is 8.49. The first-order valence-corrected chi connectivity index (χ1v) is 13.9. The normalized spacial score (nSPS) is 22.0. The van der Waals surface area contributed by atoms with Gasteiger partial charge in [0.2, 0.25) is 17.0 Å². The summed E-state index contributed by atoms with van der Waals surface area (Å²) in [6.07, 6.45) is 4.98. The summed E-state index contributed by atoms with van der Waals surface area (Å²) >= 11 is 5.81. The summed E-state index contributed by atoms with van der Waals surface area (Å²) in [6.45, 7) is 0.615. The molecular weight excluding hydrogens is 546 g/mol. The zero-order valence-corrected chi connectivity index (χ0v) is 21.8. The molecular formula is C24H23ClF2N4O4S2. The molecule has 3 N–H and O–H groups in total. The van der Waals surface area contributed by atoms with Crippen LogP contribution >= 0.6 is 22.9 Å². The average molecular weight is 569 g/mol. The lowest BCUT2D eigenvalue weighted by atomic mass is 9.93. The zero-order chi connectivity index (χ0) is 26.1. The maximum Gasteiger partial charge on any atom is 0.231 e. The smallest absolute Gasteiger partial charge is 0.231 e. The number of hydrogen-bond donors (Lipinski definition) is 2. The van der Waals surface area contributed by atoms with Crippen molar-refractivity contribution in [1.29, 1.82) is 0 Å². The molecule has 0 amide bonds. The Balaban J connectivity index is 1.36. The minimum absolute atomic E-state index is 0.0474. The monoisotopic (exact) mass is 568 g/mol. The van der Waals surface area contributed by atoms with Gasteiger partial charge in [-0.2, -0.15) is 0 Å². The third-order valence-corrected chi connectivity index (χ3v) is 8.35. The molecule has 1 saturated carbocycles. The standard InChI is InChI=1S/C24H23ClF2N4O4S2/c25-23-16(22-15-7-19(27)18(26)6-13(15)3-4-34-22)8-20(36-23)21(32)17-9-29-11-30-24(17)31-14-2-1-12(5-14)10-35-37(28)33/h6-9,11-12,14,22H,1-5,10,28H2,(H,29,30,31)/t12-,14+,22?,37?/m1/s1. The van der Waals surface area contributed by atoms with E-state index < -0.39 is 29.0 Å². The van der Waals surface area contributed by atoms with E-state index in [0.717, 1.165) is 36.7 Å². The molecule has 0 spiro atoms. The number of thiophene rings is 1. The molecule has 5 rings (SSSR count). The Bertz CT molecular complexity index is 1360. The largest absolute Gasteiger partial charge is 0.368 e. The number of ketones is 1. The lowest BCUT2D eigenvalue weighted by molar-refractivity contribution is 0.0696. The highest BCUT2D eigenvalue weighted by Crippen LogP contribution is 2.41. The number of benzene rings is 1. The van der Waals surface area contributed by atoms with Gasteiger partial charge < -0.3 is 10.1 Å². The van der Waals surface area contributed by atoms with E-state index in [-0.39, 0.29) is 23.3 Å². The van der Waals surface area contributed by atoms with Crippen LogP contribution < -0.4 is 10.5 Å². The molecule has 196 valence electrons. The van der Waals surface area contributed by atoms with Crippen LogP contribution in [-0.4, -0.2) is 39.2 Å². The molecule has 1 aromatic carbocycles. The predicted octanol–water partition coefficient (Wildman–Crippen LogP) is 4.50. The minimum atomic E-state index is -1.80. The van der Waals surface area contributed by atoms with E-state index in [4.69, 9.17) is 25.7 Å². The lowest BCUT2D eigenvalue weighted by Crippen LogP contribution is -2.20. The van der Waals surface area contributed by atoms with Crippen LogP contribution in [0, 0.1) is 17.6 Å². The molecule has 1 aliphatic carbocycles. The van der Waals surface area contributed by atoms with Crippen molar-refractivity contribution in [3.05, 3.63) is 73.8 Å². The van der Waals surface area contributed by atoms with Crippen molar-refractivity contribution in [1.82, 2.24) is 9.97 Å². The lowest BCUT2D eigenvalue weighted by Gasteiger charge is -2.26. The highest BCUT2D eigenvalue weighted by molar-refractivity contribution is 7.77. The first kappa shape index (κ1) is 26.3. The highest BCUT2D eigenvalue weighted by Gasteiger charge is 2.31. The molecule has 2 aromatic heterocycles. The number of nitrogens with two attached hydrogens (primary N) is 1. The van der Waals surface area contributed by atoms with E-state index in [9.17, 15) is 17.8 Å².